The molecule has 0 bridgehead atoms. The van der Waals surface area contributed by atoms with E-state index in [1.807, 2.05) is 13.8 Å². The molecular weight excluding hydrogens is 238 g/mol. The molecule has 3 heteroatoms. The molecule has 0 aromatic heterocycles. The summed E-state index contributed by atoms with van der Waals surface area (Å²) < 4.78 is 10.8. The SMILES string of the molecule is C=CC(=C)C(=C)CCN(CCOCC)CCOCC. The summed E-state index contributed by atoms with van der Waals surface area (Å²) >= 11 is 0. The van der Waals surface area contributed by atoms with Crippen LogP contribution < -0.4 is 0 Å². The lowest BCUT2D eigenvalue weighted by atomic mass is 10.1. The smallest absolute Gasteiger partial charge is 0.0593 e. The zero-order chi connectivity index (χ0) is 14.5. The number of ether oxygens (including phenoxy) is 2. The normalized spacial score (nSPS) is 10.7. The lowest BCUT2D eigenvalue weighted by Gasteiger charge is -2.22. The van der Waals surface area contributed by atoms with Crippen LogP contribution in [-0.4, -0.2) is 51.0 Å². The molecule has 0 saturated heterocycles. The average Bonchev–Trinajstić information content (AvgIpc) is 2.43. The summed E-state index contributed by atoms with van der Waals surface area (Å²) in [6, 6.07) is 0. The summed E-state index contributed by atoms with van der Waals surface area (Å²) in [5.41, 5.74) is 1.97. The van der Waals surface area contributed by atoms with Crippen molar-refractivity contribution >= 4 is 0 Å². The number of hydrogen-bond donors (Lipinski definition) is 0. The third kappa shape index (κ3) is 9.65. The highest BCUT2D eigenvalue weighted by Gasteiger charge is 2.06. The first kappa shape index (κ1) is 18.1. The van der Waals surface area contributed by atoms with Gasteiger partial charge in [0.05, 0.1) is 13.2 Å². The predicted molar refractivity (Wildman–Crippen MR) is 82.5 cm³/mol. The van der Waals surface area contributed by atoms with Crippen molar-refractivity contribution in [3.63, 3.8) is 0 Å². The van der Waals surface area contributed by atoms with Crippen LogP contribution in [0.25, 0.3) is 0 Å². The largest absolute Gasteiger partial charge is 0.380 e. The Balaban J connectivity index is 4.04. The standard InChI is InChI=1S/C16H29NO2/c1-6-15(4)16(5)9-10-17(11-13-18-7-2)12-14-19-8-3/h6H,1,4-5,7-14H2,2-3H3. The molecule has 0 fully saturated rings. The van der Waals surface area contributed by atoms with E-state index < -0.39 is 0 Å². The molecule has 0 saturated carbocycles. The van der Waals surface area contributed by atoms with E-state index in [2.05, 4.69) is 24.6 Å². The van der Waals surface area contributed by atoms with E-state index in [-0.39, 0.29) is 0 Å². The number of hydrogen-bond acceptors (Lipinski definition) is 3. The van der Waals surface area contributed by atoms with Crippen molar-refractivity contribution in [2.45, 2.75) is 20.3 Å². The quantitative estimate of drug-likeness (QED) is 0.378. The highest BCUT2D eigenvalue weighted by Crippen LogP contribution is 2.11. The summed E-state index contributed by atoms with van der Waals surface area (Å²) in [6.45, 7) is 21.5. The Morgan fingerprint density at radius 1 is 1.00 bits per heavy atom. The van der Waals surface area contributed by atoms with Gasteiger partial charge in [-0.15, -0.1) is 0 Å². The molecule has 0 rings (SSSR count). The molecule has 0 unspecified atom stereocenters. The van der Waals surface area contributed by atoms with Gasteiger partial charge in [0.15, 0.2) is 0 Å². The van der Waals surface area contributed by atoms with Crippen LogP contribution >= 0.6 is 0 Å². The molecule has 0 heterocycles. The van der Waals surface area contributed by atoms with Crippen LogP contribution in [0.1, 0.15) is 20.3 Å². The summed E-state index contributed by atoms with van der Waals surface area (Å²) in [7, 11) is 0. The first-order valence-corrected chi connectivity index (χ1v) is 7.03. The van der Waals surface area contributed by atoms with Gasteiger partial charge in [-0.2, -0.15) is 0 Å². The second kappa shape index (κ2) is 12.2. The van der Waals surface area contributed by atoms with E-state index in [4.69, 9.17) is 9.47 Å². The van der Waals surface area contributed by atoms with Crippen LogP contribution in [0.15, 0.2) is 37.0 Å². The lowest BCUT2D eigenvalue weighted by Crippen LogP contribution is -2.32. The first-order chi connectivity index (χ1) is 9.15. The van der Waals surface area contributed by atoms with Crippen molar-refractivity contribution < 1.29 is 9.47 Å². The minimum absolute atomic E-state index is 0.761. The maximum absolute atomic E-state index is 5.41. The second-order valence-corrected chi connectivity index (χ2v) is 4.32. The van der Waals surface area contributed by atoms with E-state index in [1.165, 1.54) is 0 Å². The first-order valence-electron chi connectivity index (χ1n) is 7.03. The number of rotatable bonds is 13. The topological polar surface area (TPSA) is 21.7 Å². The molecule has 0 aliphatic carbocycles. The molecule has 0 aromatic rings. The Morgan fingerprint density at radius 3 is 1.95 bits per heavy atom. The minimum atomic E-state index is 0.761. The molecule has 0 aliphatic heterocycles. The van der Waals surface area contributed by atoms with Crippen molar-refractivity contribution in [3.05, 3.63) is 37.0 Å². The van der Waals surface area contributed by atoms with Crippen molar-refractivity contribution in [2.24, 2.45) is 0 Å². The van der Waals surface area contributed by atoms with Crippen LogP contribution in [-0.2, 0) is 9.47 Å². The average molecular weight is 267 g/mol. The van der Waals surface area contributed by atoms with E-state index in [9.17, 15) is 0 Å². The van der Waals surface area contributed by atoms with Crippen LogP contribution in [0.3, 0.4) is 0 Å². The fourth-order valence-corrected chi connectivity index (χ4v) is 1.61. The van der Waals surface area contributed by atoms with E-state index >= 15 is 0 Å². The van der Waals surface area contributed by atoms with Crippen molar-refractivity contribution in [1.82, 2.24) is 4.90 Å². The predicted octanol–water partition coefficient (Wildman–Crippen LogP) is 3.05. The van der Waals surface area contributed by atoms with Crippen molar-refractivity contribution in [3.8, 4) is 0 Å². The fourth-order valence-electron chi connectivity index (χ4n) is 1.61. The van der Waals surface area contributed by atoms with E-state index in [0.29, 0.717) is 0 Å². The molecule has 0 atom stereocenters. The lowest BCUT2D eigenvalue weighted by molar-refractivity contribution is 0.0834. The number of allylic oxidation sites excluding steroid dienone is 2. The summed E-state index contributed by atoms with van der Waals surface area (Å²) in [5.74, 6) is 0. The Kier molecular flexibility index (Phi) is 11.6. The Labute approximate surface area is 118 Å². The molecule has 19 heavy (non-hydrogen) atoms. The Hall–Kier alpha value is -0.900. The highest BCUT2D eigenvalue weighted by atomic mass is 16.5. The Bertz CT molecular complexity index is 264. The van der Waals surface area contributed by atoms with Gasteiger partial charge in [0, 0.05) is 32.8 Å². The molecule has 0 aromatic carbocycles. The zero-order valence-electron chi connectivity index (χ0n) is 12.6. The summed E-state index contributed by atoms with van der Waals surface area (Å²) in [5, 5.41) is 0. The van der Waals surface area contributed by atoms with Crippen LogP contribution in [0.2, 0.25) is 0 Å². The van der Waals surface area contributed by atoms with Gasteiger partial charge < -0.3 is 9.47 Å². The maximum atomic E-state index is 5.41. The van der Waals surface area contributed by atoms with E-state index in [0.717, 1.165) is 63.6 Å². The monoisotopic (exact) mass is 267 g/mol. The summed E-state index contributed by atoms with van der Waals surface area (Å²) in [4.78, 5) is 2.34. The summed E-state index contributed by atoms with van der Waals surface area (Å²) in [6.07, 6.45) is 2.66. The molecule has 0 aliphatic rings. The number of nitrogens with zero attached hydrogens (tertiary/aromatic N) is 1. The van der Waals surface area contributed by atoms with Gasteiger partial charge >= 0.3 is 0 Å². The van der Waals surface area contributed by atoms with Crippen molar-refractivity contribution in [2.75, 3.05) is 46.1 Å². The second-order valence-electron chi connectivity index (χ2n) is 4.32. The molecular formula is C16H29NO2. The van der Waals surface area contributed by atoms with Crippen LogP contribution in [0.4, 0.5) is 0 Å². The van der Waals surface area contributed by atoms with Gasteiger partial charge in [0.2, 0.25) is 0 Å². The molecule has 0 amide bonds. The van der Waals surface area contributed by atoms with Gasteiger partial charge in [-0.25, -0.2) is 0 Å². The van der Waals surface area contributed by atoms with Gasteiger partial charge in [-0.3, -0.25) is 4.90 Å². The van der Waals surface area contributed by atoms with Gasteiger partial charge in [-0.05, 0) is 31.4 Å². The Morgan fingerprint density at radius 2 is 1.53 bits per heavy atom. The third-order valence-corrected chi connectivity index (χ3v) is 2.94. The van der Waals surface area contributed by atoms with Gasteiger partial charge in [0.25, 0.3) is 0 Å². The van der Waals surface area contributed by atoms with Crippen LogP contribution in [0, 0.1) is 0 Å². The van der Waals surface area contributed by atoms with Gasteiger partial charge in [0.1, 0.15) is 0 Å². The maximum Gasteiger partial charge on any atom is 0.0593 e. The fraction of sp³-hybridized carbons (Fsp3) is 0.625. The molecule has 0 N–H and O–H groups in total. The minimum Gasteiger partial charge on any atom is -0.380 e. The van der Waals surface area contributed by atoms with Crippen LogP contribution in [0.5, 0.6) is 0 Å². The third-order valence-electron chi connectivity index (χ3n) is 2.94. The molecule has 0 spiro atoms. The highest BCUT2D eigenvalue weighted by molar-refractivity contribution is 5.33. The van der Waals surface area contributed by atoms with Gasteiger partial charge in [-0.1, -0.05) is 25.8 Å². The van der Waals surface area contributed by atoms with Crippen molar-refractivity contribution in [1.29, 1.82) is 0 Å². The van der Waals surface area contributed by atoms with E-state index in [1.54, 1.807) is 6.08 Å². The molecule has 110 valence electrons. The molecule has 0 radical (unpaired) electrons. The molecule has 3 nitrogen and oxygen atoms in total. The zero-order valence-corrected chi connectivity index (χ0v) is 12.6.